The van der Waals surface area contributed by atoms with Crippen molar-refractivity contribution in [2.24, 2.45) is 0 Å². The molecule has 0 saturated carbocycles. The number of aromatic nitrogens is 2. The fourth-order valence-corrected chi connectivity index (χ4v) is 1.52. The third-order valence-electron chi connectivity index (χ3n) is 2.29. The Morgan fingerprint density at radius 1 is 1.19 bits per heavy atom. The van der Waals surface area contributed by atoms with E-state index in [0.717, 1.165) is 18.4 Å². The Kier molecular flexibility index (Phi) is 3.57. The molecule has 1 heterocycles. The zero-order valence-electron chi connectivity index (χ0n) is 9.11. The molecule has 0 fully saturated rings. The van der Waals surface area contributed by atoms with Gasteiger partial charge in [0, 0.05) is 17.9 Å². The van der Waals surface area contributed by atoms with Gasteiger partial charge in [0.15, 0.2) is 0 Å². The lowest BCUT2D eigenvalue weighted by Crippen LogP contribution is -1.85. The Bertz CT molecular complexity index is 450. The SMILES string of the molecule is Cc1ccc(-c2nnc(CCCCl)o2)cc1. The van der Waals surface area contributed by atoms with Crippen molar-refractivity contribution in [3.63, 3.8) is 0 Å². The van der Waals surface area contributed by atoms with Gasteiger partial charge in [-0.25, -0.2) is 0 Å². The van der Waals surface area contributed by atoms with Gasteiger partial charge in [0.1, 0.15) is 0 Å². The lowest BCUT2D eigenvalue weighted by atomic mass is 10.1. The van der Waals surface area contributed by atoms with Gasteiger partial charge in [-0.3, -0.25) is 0 Å². The summed E-state index contributed by atoms with van der Waals surface area (Å²) in [7, 11) is 0. The highest BCUT2D eigenvalue weighted by Gasteiger charge is 2.07. The lowest BCUT2D eigenvalue weighted by Gasteiger charge is -1.95. The number of aryl methyl sites for hydroxylation is 2. The molecule has 2 aromatic rings. The van der Waals surface area contributed by atoms with E-state index in [4.69, 9.17) is 16.0 Å². The molecule has 0 radical (unpaired) electrons. The fraction of sp³-hybridized carbons (Fsp3) is 0.333. The molecule has 0 spiro atoms. The van der Waals surface area contributed by atoms with Crippen LogP contribution in [0.4, 0.5) is 0 Å². The third-order valence-corrected chi connectivity index (χ3v) is 2.56. The standard InChI is InChI=1S/C12H13ClN2O/c1-9-4-6-10(7-5-9)12-15-14-11(16-12)3-2-8-13/h4-7H,2-3,8H2,1H3. The van der Waals surface area contributed by atoms with E-state index in [-0.39, 0.29) is 0 Å². The second-order valence-corrected chi connectivity index (χ2v) is 4.04. The highest BCUT2D eigenvalue weighted by atomic mass is 35.5. The van der Waals surface area contributed by atoms with Crippen molar-refractivity contribution in [2.75, 3.05) is 5.88 Å². The normalized spacial score (nSPS) is 10.6. The molecule has 1 aromatic heterocycles. The first-order valence-electron chi connectivity index (χ1n) is 5.25. The van der Waals surface area contributed by atoms with Crippen LogP contribution in [0.1, 0.15) is 17.9 Å². The molecule has 0 amide bonds. The Balaban J connectivity index is 2.15. The van der Waals surface area contributed by atoms with Gasteiger partial charge in [0.05, 0.1) is 0 Å². The van der Waals surface area contributed by atoms with Crippen molar-refractivity contribution in [2.45, 2.75) is 19.8 Å². The summed E-state index contributed by atoms with van der Waals surface area (Å²) in [5.41, 5.74) is 2.17. The smallest absolute Gasteiger partial charge is 0.247 e. The van der Waals surface area contributed by atoms with Gasteiger partial charge < -0.3 is 4.42 Å². The largest absolute Gasteiger partial charge is 0.421 e. The zero-order valence-corrected chi connectivity index (χ0v) is 9.87. The van der Waals surface area contributed by atoms with Crippen LogP contribution in [0.5, 0.6) is 0 Å². The van der Waals surface area contributed by atoms with E-state index in [9.17, 15) is 0 Å². The minimum atomic E-state index is 0.574. The first-order chi connectivity index (χ1) is 7.79. The first-order valence-corrected chi connectivity index (χ1v) is 5.78. The van der Waals surface area contributed by atoms with E-state index >= 15 is 0 Å². The quantitative estimate of drug-likeness (QED) is 0.766. The molecule has 0 atom stereocenters. The van der Waals surface area contributed by atoms with Gasteiger partial charge in [0.2, 0.25) is 11.8 Å². The van der Waals surface area contributed by atoms with Crippen LogP contribution in [-0.2, 0) is 6.42 Å². The summed E-state index contributed by atoms with van der Waals surface area (Å²) in [6, 6.07) is 8.01. The number of benzene rings is 1. The molecule has 0 unspecified atom stereocenters. The van der Waals surface area contributed by atoms with Gasteiger partial charge in [-0.2, -0.15) is 0 Å². The minimum absolute atomic E-state index is 0.574. The second kappa shape index (κ2) is 5.12. The summed E-state index contributed by atoms with van der Waals surface area (Å²) in [5.74, 6) is 1.84. The molecule has 0 saturated heterocycles. The van der Waals surface area contributed by atoms with Gasteiger partial charge in [-0.15, -0.1) is 21.8 Å². The predicted octanol–water partition coefficient (Wildman–Crippen LogP) is 3.22. The van der Waals surface area contributed by atoms with Crippen LogP contribution in [0.2, 0.25) is 0 Å². The summed E-state index contributed by atoms with van der Waals surface area (Å²) in [6.07, 6.45) is 1.60. The maximum Gasteiger partial charge on any atom is 0.247 e. The summed E-state index contributed by atoms with van der Waals surface area (Å²) in [6.45, 7) is 2.05. The summed E-state index contributed by atoms with van der Waals surface area (Å²) in [4.78, 5) is 0. The van der Waals surface area contributed by atoms with Crippen LogP contribution in [0.3, 0.4) is 0 Å². The number of nitrogens with zero attached hydrogens (tertiary/aromatic N) is 2. The minimum Gasteiger partial charge on any atom is -0.421 e. The van der Waals surface area contributed by atoms with Crippen LogP contribution in [-0.4, -0.2) is 16.1 Å². The van der Waals surface area contributed by atoms with Crippen LogP contribution in [0, 0.1) is 6.92 Å². The average Bonchev–Trinajstić information content (AvgIpc) is 2.76. The van der Waals surface area contributed by atoms with E-state index in [0.29, 0.717) is 17.7 Å². The second-order valence-electron chi connectivity index (χ2n) is 3.66. The number of alkyl halides is 1. The van der Waals surface area contributed by atoms with E-state index in [1.807, 2.05) is 31.2 Å². The molecule has 0 N–H and O–H groups in total. The van der Waals surface area contributed by atoms with Crippen molar-refractivity contribution in [3.05, 3.63) is 35.7 Å². The van der Waals surface area contributed by atoms with E-state index in [1.165, 1.54) is 5.56 Å². The highest BCUT2D eigenvalue weighted by molar-refractivity contribution is 6.17. The predicted molar refractivity (Wildman–Crippen MR) is 63.5 cm³/mol. The Morgan fingerprint density at radius 2 is 1.94 bits per heavy atom. The number of rotatable bonds is 4. The van der Waals surface area contributed by atoms with Crippen LogP contribution < -0.4 is 0 Å². The topological polar surface area (TPSA) is 38.9 Å². The molecule has 0 bridgehead atoms. The molecule has 1 aromatic carbocycles. The zero-order chi connectivity index (χ0) is 11.4. The Hall–Kier alpha value is -1.35. The van der Waals surface area contributed by atoms with E-state index in [2.05, 4.69) is 10.2 Å². The summed E-state index contributed by atoms with van der Waals surface area (Å²) < 4.78 is 5.53. The van der Waals surface area contributed by atoms with Gasteiger partial charge in [-0.05, 0) is 25.5 Å². The Morgan fingerprint density at radius 3 is 2.62 bits per heavy atom. The number of halogens is 1. The molecule has 0 aliphatic carbocycles. The van der Waals surface area contributed by atoms with Gasteiger partial charge in [-0.1, -0.05) is 17.7 Å². The molecule has 4 heteroatoms. The van der Waals surface area contributed by atoms with Crippen molar-refractivity contribution >= 4 is 11.6 Å². The Labute approximate surface area is 99.5 Å². The van der Waals surface area contributed by atoms with E-state index < -0.39 is 0 Å². The number of hydrogen-bond acceptors (Lipinski definition) is 3. The van der Waals surface area contributed by atoms with Crippen LogP contribution in [0.25, 0.3) is 11.5 Å². The van der Waals surface area contributed by atoms with Gasteiger partial charge in [0.25, 0.3) is 0 Å². The van der Waals surface area contributed by atoms with Crippen molar-refractivity contribution < 1.29 is 4.42 Å². The maximum atomic E-state index is 5.60. The molecule has 3 nitrogen and oxygen atoms in total. The molecular weight excluding hydrogens is 224 g/mol. The van der Waals surface area contributed by atoms with Crippen molar-refractivity contribution in [1.29, 1.82) is 0 Å². The first kappa shape index (κ1) is 11.1. The fourth-order valence-electron chi connectivity index (χ4n) is 1.39. The molecule has 16 heavy (non-hydrogen) atoms. The highest BCUT2D eigenvalue weighted by Crippen LogP contribution is 2.18. The lowest BCUT2D eigenvalue weighted by molar-refractivity contribution is 0.502. The average molecular weight is 237 g/mol. The maximum absolute atomic E-state index is 5.60. The van der Waals surface area contributed by atoms with Gasteiger partial charge >= 0.3 is 0 Å². The number of hydrogen-bond donors (Lipinski definition) is 0. The third kappa shape index (κ3) is 2.61. The molecule has 84 valence electrons. The van der Waals surface area contributed by atoms with Crippen LogP contribution >= 0.6 is 11.6 Å². The molecule has 0 aliphatic rings. The molecule has 2 rings (SSSR count). The van der Waals surface area contributed by atoms with Crippen molar-refractivity contribution in [1.82, 2.24) is 10.2 Å². The molecular formula is C12H13ClN2O. The molecule has 0 aliphatic heterocycles. The summed E-state index contributed by atoms with van der Waals surface area (Å²) in [5, 5.41) is 7.99. The monoisotopic (exact) mass is 236 g/mol. The van der Waals surface area contributed by atoms with E-state index in [1.54, 1.807) is 0 Å². The van der Waals surface area contributed by atoms with Crippen molar-refractivity contribution in [3.8, 4) is 11.5 Å². The summed E-state index contributed by atoms with van der Waals surface area (Å²) >= 11 is 5.60. The van der Waals surface area contributed by atoms with Crippen LogP contribution in [0.15, 0.2) is 28.7 Å².